The molecule has 110 valence electrons. The van der Waals surface area contributed by atoms with E-state index in [0.717, 1.165) is 5.56 Å². The molecule has 0 aliphatic heterocycles. The third-order valence-corrected chi connectivity index (χ3v) is 3.26. The lowest BCUT2D eigenvalue weighted by atomic mass is 9.87. The summed E-state index contributed by atoms with van der Waals surface area (Å²) in [5.74, 6) is -0.651. The van der Waals surface area contributed by atoms with E-state index in [0.29, 0.717) is 5.56 Å². The predicted molar refractivity (Wildman–Crippen MR) is 80.5 cm³/mol. The Kier molecular flexibility index (Phi) is 4.36. The summed E-state index contributed by atoms with van der Waals surface area (Å²) in [6.45, 7) is 6.43. The molecule has 3 nitrogen and oxygen atoms in total. The zero-order chi connectivity index (χ0) is 15.5. The SMILES string of the molecule is CC(C)(C)c1ccc(C(=O)NCc2ncccc2F)cc1. The van der Waals surface area contributed by atoms with E-state index < -0.39 is 5.82 Å². The Balaban J connectivity index is 2.03. The van der Waals surface area contributed by atoms with Crippen LogP contribution in [0.1, 0.15) is 42.4 Å². The maximum absolute atomic E-state index is 13.4. The Morgan fingerprint density at radius 3 is 2.43 bits per heavy atom. The molecule has 0 saturated carbocycles. The van der Waals surface area contributed by atoms with E-state index >= 15 is 0 Å². The summed E-state index contributed by atoms with van der Waals surface area (Å²) in [5, 5.41) is 2.67. The number of amides is 1. The Morgan fingerprint density at radius 2 is 1.86 bits per heavy atom. The van der Waals surface area contributed by atoms with Gasteiger partial charge in [0.2, 0.25) is 0 Å². The minimum atomic E-state index is -0.416. The molecule has 0 spiro atoms. The second kappa shape index (κ2) is 6.04. The van der Waals surface area contributed by atoms with E-state index in [-0.39, 0.29) is 23.6 Å². The number of benzene rings is 1. The highest BCUT2D eigenvalue weighted by molar-refractivity contribution is 5.94. The maximum Gasteiger partial charge on any atom is 0.251 e. The third-order valence-electron chi connectivity index (χ3n) is 3.26. The number of aromatic nitrogens is 1. The summed E-state index contributed by atoms with van der Waals surface area (Å²) in [6.07, 6.45) is 1.50. The number of pyridine rings is 1. The molecular weight excluding hydrogens is 267 g/mol. The Bertz CT molecular complexity index is 630. The van der Waals surface area contributed by atoms with Gasteiger partial charge < -0.3 is 5.32 Å². The summed E-state index contributed by atoms with van der Waals surface area (Å²) in [6, 6.07) is 10.3. The first-order chi connectivity index (χ1) is 9.88. The van der Waals surface area contributed by atoms with Crippen molar-refractivity contribution in [1.82, 2.24) is 10.3 Å². The van der Waals surface area contributed by atoms with Crippen molar-refractivity contribution in [3.8, 4) is 0 Å². The summed E-state index contributed by atoms with van der Waals surface area (Å²) in [5.41, 5.74) is 2.00. The second-order valence-electron chi connectivity index (χ2n) is 5.94. The van der Waals surface area contributed by atoms with Crippen molar-refractivity contribution >= 4 is 5.91 Å². The summed E-state index contributed by atoms with van der Waals surface area (Å²) in [7, 11) is 0. The Labute approximate surface area is 124 Å². The standard InChI is InChI=1S/C17H19FN2O/c1-17(2,3)13-8-6-12(7-9-13)16(21)20-11-15-14(18)5-4-10-19-15/h4-10H,11H2,1-3H3,(H,20,21). The summed E-state index contributed by atoms with van der Waals surface area (Å²) in [4.78, 5) is 15.9. The van der Waals surface area contributed by atoms with Gasteiger partial charge >= 0.3 is 0 Å². The van der Waals surface area contributed by atoms with Gasteiger partial charge in [-0.15, -0.1) is 0 Å². The molecule has 1 N–H and O–H groups in total. The van der Waals surface area contributed by atoms with Gasteiger partial charge in [0.15, 0.2) is 0 Å². The van der Waals surface area contributed by atoms with Crippen molar-refractivity contribution in [3.05, 3.63) is 65.2 Å². The molecule has 0 bridgehead atoms. The van der Waals surface area contributed by atoms with Crippen LogP contribution < -0.4 is 5.32 Å². The number of rotatable bonds is 3. The van der Waals surface area contributed by atoms with Crippen LogP contribution in [0, 0.1) is 5.82 Å². The van der Waals surface area contributed by atoms with Crippen LogP contribution in [0.4, 0.5) is 4.39 Å². The van der Waals surface area contributed by atoms with Gasteiger partial charge in [-0.2, -0.15) is 0 Å². The highest BCUT2D eigenvalue weighted by Gasteiger charge is 2.14. The van der Waals surface area contributed by atoms with Gasteiger partial charge in [-0.05, 0) is 35.2 Å². The smallest absolute Gasteiger partial charge is 0.251 e. The lowest BCUT2D eigenvalue weighted by Crippen LogP contribution is -2.24. The van der Waals surface area contributed by atoms with Crippen LogP contribution in [0.5, 0.6) is 0 Å². The Hall–Kier alpha value is -2.23. The molecule has 0 unspecified atom stereocenters. The van der Waals surface area contributed by atoms with Crippen molar-refractivity contribution in [2.75, 3.05) is 0 Å². The fraction of sp³-hybridized carbons (Fsp3) is 0.294. The monoisotopic (exact) mass is 286 g/mol. The Morgan fingerprint density at radius 1 is 1.19 bits per heavy atom. The van der Waals surface area contributed by atoms with Crippen LogP contribution >= 0.6 is 0 Å². The second-order valence-corrected chi connectivity index (χ2v) is 5.94. The van der Waals surface area contributed by atoms with Crippen LogP contribution in [0.15, 0.2) is 42.6 Å². The molecule has 21 heavy (non-hydrogen) atoms. The number of hydrogen-bond acceptors (Lipinski definition) is 2. The molecule has 2 aromatic rings. The van der Waals surface area contributed by atoms with Crippen molar-refractivity contribution < 1.29 is 9.18 Å². The number of hydrogen-bond donors (Lipinski definition) is 1. The quantitative estimate of drug-likeness (QED) is 0.939. The molecular formula is C17H19FN2O. The van der Waals surface area contributed by atoms with Gasteiger partial charge in [-0.25, -0.2) is 4.39 Å². The first-order valence-corrected chi connectivity index (χ1v) is 6.86. The predicted octanol–water partition coefficient (Wildman–Crippen LogP) is 3.45. The van der Waals surface area contributed by atoms with Gasteiger partial charge in [-0.3, -0.25) is 9.78 Å². The van der Waals surface area contributed by atoms with Crippen molar-refractivity contribution in [2.45, 2.75) is 32.7 Å². The van der Waals surface area contributed by atoms with Gasteiger partial charge in [0.25, 0.3) is 5.91 Å². The van der Waals surface area contributed by atoms with Crippen LogP contribution in [0.25, 0.3) is 0 Å². The van der Waals surface area contributed by atoms with E-state index in [2.05, 4.69) is 31.1 Å². The molecule has 0 saturated heterocycles. The molecule has 1 heterocycles. The van der Waals surface area contributed by atoms with Gasteiger partial charge in [0.1, 0.15) is 5.82 Å². The zero-order valence-corrected chi connectivity index (χ0v) is 12.5. The zero-order valence-electron chi connectivity index (χ0n) is 12.5. The highest BCUT2D eigenvalue weighted by atomic mass is 19.1. The molecule has 0 aliphatic carbocycles. The maximum atomic E-state index is 13.4. The van der Waals surface area contributed by atoms with E-state index in [9.17, 15) is 9.18 Å². The fourth-order valence-electron chi connectivity index (χ4n) is 1.94. The number of carbonyl (C=O) groups is 1. The van der Waals surface area contributed by atoms with Gasteiger partial charge in [-0.1, -0.05) is 32.9 Å². The molecule has 1 aromatic heterocycles. The number of nitrogens with zero attached hydrogens (tertiary/aromatic N) is 1. The van der Waals surface area contributed by atoms with E-state index in [4.69, 9.17) is 0 Å². The molecule has 1 amide bonds. The topological polar surface area (TPSA) is 42.0 Å². The molecule has 2 rings (SSSR count). The fourth-order valence-corrected chi connectivity index (χ4v) is 1.94. The lowest BCUT2D eigenvalue weighted by Gasteiger charge is -2.19. The highest BCUT2D eigenvalue weighted by Crippen LogP contribution is 2.22. The normalized spacial score (nSPS) is 11.2. The van der Waals surface area contributed by atoms with E-state index in [1.54, 1.807) is 12.1 Å². The first-order valence-electron chi connectivity index (χ1n) is 6.86. The minimum absolute atomic E-state index is 0.0477. The van der Waals surface area contributed by atoms with Crippen LogP contribution in [0.3, 0.4) is 0 Å². The van der Waals surface area contributed by atoms with Crippen LogP contribution in [-0.4, -0.2) is 10.9 Å². The molecule has 1 aromatic carbocycles. The van der Waals surface area contributed by atoms with Gasteiger partial charge in [0.05, 0.1) is 12.2 Å². The first kappa shape index (κ1) is 15.2. The van der Waals surface area contributed by atoms with Gasteiger partial charge in [0, 0.05) is 11.8 Å². The molecule has 0 fully saturated rings. The lowest BCUT2D eigenvalue weighted by molar-refractivity contribution is 0.0950. The van der Waals surface area contributed by atoms with E-state index in [1.807, 2.05) is 12.1 Å². The average Bonchev–Trinajstić information content (AvgIpc) is 2.45. The molecule has 0 aliphatic rings. The van der Waals surface area contributed by atoms with Crippen LogP contribution in [-0.2, 0) is 12.0 Å². The van der Waals surface area contributed by atoms with Crippen LogP contribution in [0.2, 0.25) is 0 Å². The van der Waals surface area contributed by atoms with E-state index in [1.165, 1.54) is 18.3 Å². The molecule has 4 heteroatoms. The number of nitrogens with one attached hydrogen (secondary N) is 1. The van der Waals surface area contributed by atoms with Crippen molar-refractivity contribution in [2.24, 2.45) is 0 Å². The largest absolute Gasteiger partial charge is 0.346 e. The number of carbonyl (C=O) groups excluding carboxylic acids is 1. The summed E-state index contributed by atoms with van der Waals surface area (Å²) < 4.78 is 13.4. The van der Waals surface area contributed by atoms with Crippen molar-refractivity contribution in [3.63, 3.8) is 0 Å². The number of halogens is 1. The van der Waals surface area contributed by atoms with Crippen molar-refractivity contribution in [1.29, 1.82) is 0 Å². The molecule has 0 radical (unpaired) electrons. The molecule has 0 atom stereocenters. The average molecular weight is 286 g/mol. The third kappa shape index (κ3) is 3.88. The summed E-state index contributed by atoms with van der Waals surface area (Å²) >= 11 is 0. The minimum Gasteiger partial charge on any atom is -0.346 e.